The van der Waals surface area contributed by atoms with Gasteiger partial charge in [0.2, 0.25) is 17.7 Å². The third-order valence-corrected chi connectivity index (χ3v) is 7.63. The first kappa shape index (κ1) is 31.5. The van der Waals surface area contributed by atoms with Crippen LogP contribution in [0, 0.1) is 5.41 Å². The fourth-order valence-electron chi connectivity index (χ4n) is 4.99. The number of rotatable bonds is 10. The highest BCUT2D eigenvalue weighted by molar-refractivity contribution is 6.03. The zero-order valence-corrected chi connectivity index (χ0v) is 25.8. The summed E-state index contributed by atoms with van der Waals surface area (Å²) < 4.78 is 10.8. The summed E-state index contributed by atoms with van der Waals surface area (Å²) in [6, 6.07) is 8.94. The average molecular weight is 592 g/mol. The van der Waals surface area contributed by atoms with Crippen LogP contribution in [0.25, 0.3) is 10.9 Å². The summed E-state index contributed by atoms with van der Waals surface area (Å²) in [5, 5.41) is 12.7. The molecule has 43 heavy (non-hydrogen) atoms. The van der Waals surface area contributed by atoms with Gasteiger partial charge >= 0.3 is 0 Å². The summed E-state index contributed by atoms with van der Waals surface area (Å²) in [7, 11) is 4.81. The van der Waals surface area contributed by atoms with Crippen molar-refractivity contribution >= 4 is 45.8 Å². The third kappa shape index (κ3) is 7.14. The van der Waals surface area contributed by atoms with Gasteiger partial charge in [-0.1, -0.05) is 20.8 Å². The number of hydrogen-bond donors (Lipinski definition) is 4. The van der Waals surface area contributed by atoms with Crippen LogP contribution < -0.4 is 30.7 Å². The van der Waals surface area contributed by atoms with Crippen molar-refractivity contribution in [3.05, 3.63) is 42.7 Å². The minimum Gasteiger partial charge on any atom is -0.497 e. The molecule has 230 valence electrons. The maximum absolute atomic E-state index is 13.8. The van der Waals surface area contributed by atoms with Gasteiger partial charge in [-0.05, 0) is 62.6 Å². The van der Waals surface area contributed by atoms with E-state index in [-0.39, 0.29) is 17.7 Å². The number of benzene rings is 2. The normalized spacial score (nSPS) is 16.3. The van der Waals surface area contributed by atoms with Crippen LogP contribution in [0.5, 0.6) is 11.5 Å². The summed E-state index contributed by atoms with van der Waals surface area (Å²) >= 11 is 0. The van der Waals surface area contributed by atoms with Gasteiger partial charge in [-0.25, -0.2) is 9.97 Å². The van der Waals surface area contributed by atoms with Crippen molar-refractivity contribution in [3.63, 3.8) is 0 Å². The molecule has 1 aromatic heterocycles. The zero-order valence-electron chi connectivity index (χ0n) is 25.8. The number of nitrogens with one attached hydrogen (secondary N) is 4. The lowest BCUT2D eigenvalue weighted by molar-refractivity contribution is -0.143. The Kier molecular flexibility index (Phi) is 9.70. The predicted molar refractivity (Wildman–Crippen MR) is 166 cm³/mol. The van der Waals surface area contributed by atoms with Gasteiger partial charge in [0.25, 0.3) is 0 Å². The monoisotopic (exact) mass is 591 g/mol. The maximum Gasteiger partial charge on any atom is 0.247 e. The van der Waals surface area contributed by atoms with E-state index in [4.69, 9.17) is 9.47 Å². The first-order chi connectivity index (χ1) is 20.5. The number of hydrogen-bond acceptors (Lipinski definition) is 9. The molecule has 1 aliphatic rings. The van der Waals surface area contributed by atoms with Crippen molar-refractivity contribution in [1.29, 1.82) is 0 Å². The Morgan fingerprint density at radius 3 is 2.40 bits per heavy atom. The molecule has 3 atom stereocenters. The molecular formula is C31H41N7O5. The van der Waals surface area contributed by atoms with Gasteiger partial charge in [-0.2, -0.15) is 0 Å². The molecule has 0 radical (unpaired) electrons. The highest BCUT2D eigenvalue weighted by Crippen LogP contribution is 2.34. The number of likely N-dealkylation sites (tertiary alicyclic amines) is 1. The summed E-state index contributed by atoms with van der Waals surface area (Å²) in [4.78, 5) is 50.6. The number of likely N-dealkylation sites (N-methyl/N-ethyl adjacent to an activating group) is 1. The number of carbonyl (C=O) groups excluding carboxylic acids is 3. The molecule has 3 aromatic rings. The number of aromatic nitrogens is 2. The number of amides is 3. The number of methoxy groups -OCH3 is 2. The lowest BCUT2D eigenvalue weighted by atomic mass is 9.85. The fraction of sp³-hybridized carbons (Fsp3) is 0.452. The van der Waals surface area contributed by atoms with Gasteiger partial charge < -0.3 is 35.6 Å². The number of carbonyl (C=O) groups is 3. The molecule has 1 aliphatic heterocycles. The molecule has 0 unspecified atom stereocenters. The smallest absolute Gasteiger partial charge is 0.247 e. The predicted octanol–water partition coefficient (Wildman–Crippen LogP) is 3.46. The van der Waals surface area contributed by atoms with Crippen molar-refractivity contribution in [3.8, 4) is 11.5 Å². The molecule has 2 heterocycles. The molecule has 4 N–H and O–H groups in total. The van der Waals surface area contributed by atoms with Gasteiger partial charge in [-0.15, -0.1) is 0 Å². The second kappa shape index (κ2) is 13.2. The van der Waals surface area contributed by atoms with Crippen LogP contribution in [0.15, 0.2) is 42.7 Å². The first-order valence-corrected chi connectivity index (χ1v) is 14.3. The molecule has 1 fully saturated rings. The highest BCUT2D eigenvalue weighted by Gasteiger charge is 2.42. The average Bonchev–Trinajstić information content (AvgIpc) is 3.49. The lowest BCUT2D eigenvalue weighted by Crippen LogP contribution is -2.59. The summed E-state index contributed by atoms with van der Waals surface area (Å²) in [5.41, 5.74) is 1.28. The van der Waals surface area contributed by atoms with E-state index in [9.17, 15) is 14.4 Å². The fourth-order valence-corrected chi connectivity index (χ4v) is 4.99. The van der Waals surface area contributed by atoms with E-state index < -0.39 is 23.5 Å². The number of anilines is 3. The Hall–Kier alpha value is -4.45. The van der Waals surface area contributed by atoms with E-state index in [1.807, 2.05) is 45.0 Å². The summed E-state index contributed by atoms with van der Waals surface area (Å²) in [6.45, 7) is 7.82. The Bertz CT molecular complexity index is 1470. The largest absolute Gasteiger partial charge is 0.497 e. The quantitative estimate of drug-likeness (QED) is 0.278. The van der Waals surface area contributed by atoms with Crippen molar-refractivity contribution in [2.24, 2.45) is 5.41 Å². The van der Waals surface area contributed by atoms with Crippen LogP contribution in [0.1, 0.15) is 40.5 Å². The number of fused-ring (bicyclic) bond motifs is 1. The molecule has 0 saturated carbocycles. The second-order valence-corrected chi connectivity index (χ2v) is 11.6. The van der Waals surface area contributed by atoms with Crippen molar-refractivity contribution in [1.82, 2.24) is 25.5 Å². The molecular weight excluding hydrogens is 550 g/mol. The van der Waals surface area contributed by atoms with Gasteiger partial charge in [0, 0.05) is 23.7 Å². The standard InChI is InChI=1S/C31H41N7O5/c1-18(32-5)28(39)37-26(31(2,3)4)30(41)38-14-8-9-24(38)29(40)36-23-15-21-22(16-25(23)43-7)33-17-34-27(21)35-19-10-12-20(42-6)13-11-19/h10-13,15-18,24,26,32H,8-9,14H2,1-7H3,(H,36,40)(H,37,39)(H,33,34,35)/t18-,24-,26+/m0/s1. The summed E-state index contributed by atoms with van der Waals surface area (Å²) in [5.74, 6) is 0.797. The van der Waals surface area contributed by atoms with Gasteiger partial charge in [0.1, 0.15) is 35.7 Å². The topological polar surface area (TPSA) is 147 Å². The number of nitrogens with zero attached hydrogens (tertiary/aromatic N) is 3. The van der Waals surface area contributed by atoms with Gasteiger partial charge in [0.15, 0.2) is 0 Å². The molecule has 12 nitrogen and oxygen atoms in total. The van der Waals surface area contributed by atoms with E-state index in [1.165, 1.54) is 13.4 Å². The molecule has 12 heteroatoms. The van der Waals surface area contributed by atoms with E-state index in [0.717, 1.165) is 11.4 Å². The third-order valence-electron chi connectivity index (χ3n) is 7.63. The Morgan fingerprint density at radius 1 is 1.05 bits per heavy atom. The molecule has 0 aliphatic carbocycles. The molecule has 4 rings (SSSR count). The molecule has 0 spiro atoms. The second-order valence-electron chi connectivity index (χ2n) is 11.6. The molecule has 0 bridgehead atoms. The highest BCUT2D eigenvalue weighted by atomic mass is 16.5. The Morgan fingerprint density at radius 2 is 1.77 bits per heavy atom. The van der Waals surface area contributed by atoms with Crippen LogP contribution in [0.3, 0.4) is 0 Å². The molecule has 3 amide bonds. The van der Waals surface area contributed by atoms with Gasteiger partial charge in [-0.3, -0.25) is 14.4 Å². The van der Waals surface area contributed by atoms with Crippen molar-refractivity contribution in [2.75, 3.05) is 38.4 Å². The van der Waals surface area contributed by atoms with Crippen molar-refractivity contribution < 1.29 is 23.9 Å². The molecule has 2 aromatic carbocycles. The van der Waals surface area contributed by atoms with E-state index >= 15 is 0 Å². The SMILES string of the molecule is CN[C@@H](C)C(=O)N[C@H](C(=O)N1CCC[C@H]1C(=O)Nc1cc2c(Nc3ccc(OC)cc3)ncnc2cc1OC)C(C)(C)C. The van der Waals surface area contributed by atoms with Crippen LogP contribution in [-0.4, -0.2) is 78.5 Å². The maximum atomic E-state index is 13.8. The minimum atomic E-state index is -0.803. The van der Waals surface area contributed by atoms with Gasteiger partial charge in [0.05, 0.1) is 31.5 Å². The van der Waals surface area contributed by atoms with Crippen LogP contribution in [0.2, 0.25) is 0 Å². The molecule has 1 saturated heterocycles. The van der Waals surface area contributed by atoms with E-state index in [2.05, 4.69) is 31.2 Å². The summed E-state index contributed by atoms with van der Waals surface area (Å²) in [6.07, 6.45) is 2.62. The first-order valence-electron chi connectivity index (χ1n) is 14.3. The number of ether oxygens (including phenoxy) is 2. The Labute approximate surface area is 251 Å². The van der Waals surface area contributed by atoms with Crippen molar-refractivity contribution in [2.45, 2.75) is 58.7 Å². The van der Waals surface area contributed by atoms with Crippen LogP contribution in [0.4, 0.5) is 17.2 Å². The Balaban J connectivity index is 1.59. The zero-order chi connectivity index (χ0) is 31.3. The minimum absolute atomic E-state index is 0.279. The van der Waals surface area contributed by atoms with E-state index in [1.54, 1.807) is 38.1 Å². The van der Waals surface area contributed by atoms with Crippen LogP contribution >= 0.6 is 0 Å². The lowest BCUT2D eigenvalue weighted by Gasteiger charge is -2.36. The van der Waals surface area contributed by atoms with Crippen LogP contribution in [-0.2, 0) is 14.4 Å². The van der Waals surface area contributed by atoms with E-state index in [0.29, 0.717) is 47.5 Å².